The van der Waals surface area contributed by atoms with Gasteiger partial charge in [-0.05, 0) is 35.2 Å². The summed E-state index contributed by atoms with van der Waals surface area (Å²) in [6, 6.07) is 8.08. The predicted octanol–water partition coefficient (Wildman–Crippen LogP) is 4.24. The van der Waals surface area contributed by atoms with E-state index in [9.17, 15) is 0 Å². The number of aromatic amines is 1. The van der Waals surface area contributed by atoms with E-state index in [4.69, 9.17) is 21.3 Å². The number of aromatic nitrogens is 4. The van der Waals surface area contributed by atoms with E-state index in [1.165, 1.54) is 11.3 Å². The second-order valence-corrected chi connectivity index (χ2v) is 7.78. The number of anilines is 1. The van der Waals surface area contributed by atoms with Gasteiger partial charge in [0.25, 0.3) is 0 Å². The molecule has 4 aromatic rings. The fourth-order valence-electron chi connectivity index (χ4n) is 3.39. The SMILES string of the molecule is Clc1sccc1-c1cc(N2CCOCC2)nc2c(-c3ccn[nH]3)nccc12. The van der Waals surface area contributed by atoms with Crippen LogP contribution in [0.1, 0.15) is 0 Å². The lowest BCUT2D eigenvalue weighted by molar-refractivity contribution is 0.122. The minimum absolute atomic E-state index is 0.703. The van der Waals surface area contributed by atoms with Crippen LogP contribution in [0.5, 0.6) is 0 Å². The summed E-state index contributed by atoms with van der Waals surface area (Å²) < 4.78 is 6.27. The van der Waals surface area contributed by atoms with Crippen LogP contribution in [-0.4, -0.2) is 46.5 Å². The zero-order chi connectivity index (χ0) is 18.2. The average Bonchev–Trinajstić information content (AvgIpc) is 3.39. The highest BCUT2D eigenvalue weighted by Gasteiger charge is 2.19. The first-order valence-corrected chi connectivity index (χ1v) is 9.92. The highest BCUT2D eigenvalue weighted by atomic mass is 35.5. The predicted molar refractivity (Wildman–Crippen MR) is 108 cm³/mol. The zero-order valence-corrected chi connectivity index (χ0v) is 15.9. The Morgan fingerprint density at radius 1 is 1.11 bits per heavy atom. The maximum Gasteiger partial charge on any atom is 0.130 e. The van der Waals surface area contributed by atoms with Crippen LogP contribution < -0.4 is 4.90 Å². The molecular weight excluding hydrogens is 382 g/mol. The Morgan fingerprint density at radius 2 is 2.00 bits per heavy atom. The number of thiophene rings is 1. The lowest BCUT2D eigenvalue weighted by Gasteiger charge is -2.28. The van der Waals surface area contributed by atoms with Gasteiger partial charge in [-0.15, -0.1) is 11.3 Å². The Bertz CT molecular complexity index is 1090. The van der Waals surface area contributed by atoms with E-state index in [1.54, 1.807) is 12.4 Å². The lowest BCUT2D eigenvalue weighted by atomic mass is 10.0. The summed E-state index contributed by atoms with van der Waals surface area (Å²) in [6.45, 7) is 3.04. The lowest BCUT2D eigenvalue weighted by Crippen LogP contribution is -2.36. The van der Waals surface area contributed by atoms with Gasteiger partial charge >= 0.3 is 0 Å². The van der Waals surface area contributed by atoms with Gasteiger partial charge in [0.15, 0.2) is 0 Å². The van der Waals surface area contributed by atoms with E-state index in [0.29, 0.717) is 13.2 Å². The molecule has 0 aromatic carbocycles. The van der Waals surface area contributed by atoms with Gasteiger partial charge in [0.2, 0.25) is 0 Å². The summed E-state index contributed by atoms with van der Waals surface area (Å²) in [6.07, 6.45) is 3.52. The van der Waals surface area contributed by atoms with E-state index < -0.39 is 0 Å². The van der Waals surface area contributed by atoms with Gasteiger partial charge in [0.05, 0.1) is 18.9 Å². The third-order valence-electron chi connectivity index (χ3n) is 4.71. The fourth-order valence-corrected chi connectivity index (χ4v) is 4.33. The van der Waals surface area contributed by atoms with E-state index in [2.05, 4.69) is 32.2 Å². The Morgan fingerprint density at radius 3 is 2.74 bits per heavy atom. The van der Waals surface area contributed by atoms with Crippen LogP contribution in [0.25, 0.3) is 33.4 Å². The summed E-state index contributed by atoms with van der Waals surface area (Å²) in [5, 5.41) is 10.1. The molecule has 27 heavy (non-hydrogen) atoms. The van der Waals surface area contributed by atoms with Crippen LogP contribution in [0.2, 0.25) is 4.34 Å². The van der Waals surface area contributed by atoms with Crippen LogP contribution in [0, 0.1) is 0 Å². The van der Waals surface area contributed by atoms with Crippen LogP contribution in [0.15, 0.2) is 42.0 Å². The second kappa shape index (κ2) is 6.92. The molecule has 0 atom stereocenters. The summed E-state index contributed by atoms with van der Waals surface area (Å²) in [5.41, 5.74) is 4.55. The quantitative estimate of drug-likeness (QED) is 0.560. The normalized spacial score (nSPS) is 14.8. The summed E-state index contributed by atoms with van der Waals surface area (Å²) in [4.78, 5) is 11.8. The molecule has 1 saturated heterocycles. The van der Waals surface area contributed by atoms with Crippen molar-refractivity contribution >= 4 is 39.7 Å². The van der Waals surface area contributed by atoms with Gasteiger partial charge in [-0.25, -0.2) is 4.98 Å². The number of hydrogen-bond acceptors (Lipinski definition) is 6. The van der Waals surface area contributed by atoms with Crippen molar-refractivity contribution in [1.82, 2.24) is 20.2 Å². The molecule has 1 aliphatic rings. The molecule has 136 valence electrons. The van der Waals surface area contributed by atoms with Crippen molar-refractivity contribution in [2.45, 2.75) is 0 Å². The first-order valence-electron chi connectivity index (χ1n) is 8.67. The molecule has 1 aliphatic heterocycles. The maximum atomic E-state index is 6.48. The van der Waals surface area contributed by atoms with Gasteiger partial charge in [0, 0.05) is 36.4 Å². The van der Waals surface area contributed by atoms with Crippen molar-refractivity contribution in [2.75, 3.05) is 31.2 Å². The molecule has 5 heterocycles. The van der Waals surface area contributed by atoms with Crippen LogP contribution in [-0.2, 0) is 4.74 Å². The molecule has 8 heteroatoms. The molecule has 0 spiro atoms. The van der Waals surface area contributed by atoms with E-state index in [-0.39, 0.29) is 0 Å². The van der Waals surface area contributed by atoms with Gasteiger partial charge in [-0.3, -0.25) is 10.1 Å². The van der Waals surface area contributed by atoms with E-state index >= 15 is 0 Å². The van der Waals surface area contributed by atoms with Gasteiger partial charge in [-0.1, -0.05) is 11.6 Å². The van der Waals surface area contributed by atoms with Crippen molar-refractivity contribution in [3.05, 3.63) is 46.4 Å². The van der Waals surface area contributed by atoms with E-state index in [0.717, 1.165) is 56.7 Å². The minimum atomic E-state index is 0.703. The fraction of sp³-hybridized carbons (Fsp3) is 0.211. The van der Waals surface area contributed by atoms with Crippen molar-refractivity contribution in [2.24, 2.45) is 0 Å². The minimum Gasteiger partial charge on any atom is -0.378 e. The third kappa shape index (κ3) is 2.97. The topological polar surface area (TPSA) is 66.9 Å². The summed E-state index contributed by atoms with van der Waals surface area (Å²) in [7, 11) is 0. The Kier molecular flexibility index (Phi) is 4.27. The van der Waals surface area contributed by atoms with Gasteiger partial charge in [0.1, 0.15) is 21.4 Å². The number of fused-ring (bicyclic) bond motifs is 1. The van der Waals surface area contributed by atoms with Crippen LogP contribution >= 0.6 is 22.9 Å². The molecule has 1 fully saturated rings. The zero-order valence-electron chi connectivity index (χ0n) is 14.4. The standard InChI is InChI=1S/C19H16ClN5OS/c20-19-13(3-10-27-19)14-11-16(25-6-8-26-9-7-25)23-17-12(14)1-4-21-18(17)15-2-5-22-24-15/h1-5,10-11H,6-9H2,(H,22,24). The number of rotatable bonds is 3. The number of halogens is 1. The molecule has 0 unspecified atom stereocenters. The van der Waals surface area contributed by atoms with Crippen molar-refractivity contribution in [3.8, 4) is 22.5 Å². The van der Waals surface area contributed by atoms with Crippen molar-refractivity contribution in [3.63, 3.8) is 0 Å². The Hall–Kier alpha value is -2.48. The average molecular weight is 398 g/mol. The largest absolute Gasteiger partial charge is 0.378 e. The Balaban J connectivity index is 1.79. The molecule has 0 saturated carbocycles. The first kappa shape index (κ1) is 16.7. The third-order valence-corrected chi connectivity index (χ3v) is 5.88. The number of nitrogens with zero attached hydrogens (tertiary/aromatic N) is 4. The maximum absolute atomic E-state index is 6.48. The molecule has 1 N–H and O–H groups in total. The molecule has 5 rings (SSSR count). The molecule has 6 nitrogen and oxygen atoms in total. The molecule has 0 amide bonds. The number of ether oxygens (including phenoxy) is 1. The van der Waals surface area contributed by atoms with Crippen molar-refractivity contribution in [1.29, 1.82) is 0 Å². The van der Waals surface area contributed by atoms with Crippen LogP contribution in [0.3, 0.4) is 0 Å². The highest BCUT2D eigenvalue weighted by molar-refractivity contribution is 7.15. The number of H-pyrrole nitrogens is 1. The molecule has 0 bridgehead atoms. The van der Waals surface area contributed by atoms with Gasteiger partial charge in [-0.2, -0.15) is 5.10 Å². The Labute approximate surface area is 164 Å². The number of nitrogens with one attached hydrogen (secondary N) is 1. The summed E-state index contributed by atoms with van der Waals surface area (Å²) in [5.74, 6) is 0.914. The van der Waals surface area contributed by atoms with Gasteiger partial charge < -0.3 is 9.64 Å². The number of morpholine rings is 1. The summed E-state index contributed by atoms with van der Waals surface area (Å²) >= 11 is 8.02. The molecule has 0 radical (unpaired) electrons. The number of pyridine rings is 2. The molecular formula is C19H16ClN5OS. The monoisotopic (exact) mass is 397 g/mol. The van der Waals surface area contributed by atoms with Crippen molar-refractivity contribution < 1.29 is 4.74 Å². The second-order valence-electron chi connectivity index (χ2n) is 6.26. The molecule has 4 aromatic heterocycles. The molecule has 0 aliphatic carbocycles. The van der Waals surface area contributed by atoms with E-state index in [1.807, 2.05) is 17.5 Å². The first-order chi connectivity index (χ1) is 13.3. The highest BCUT2D eigenvalue weighted by Crippen LogP contribution is 2.39. The van der Waals surface area contributed by atoms with Crippen LogP contribution in [0.4, 0.5) is 5.82 Å². The smallest absolute Gasteiger partial charge is 0.130 e. The number of hydrogen-bond donors (Lipinski definition) is 1.